The van der Waals surface area contributed by atoms with Crippen molar-refractivity contribution in [1.82, 2.24) is 10.2 Å². The lowest BCUT2D eigenvalue weighted by molar-refractivity contribution is 0.0538. The summed E-state index contributed by atoms with van der Waals surface area (Å²) < 4.78 is 0. The third kappa shape index (κ3) is 5.05. The van der Waals surface area contributed by atoms with Crippen molar-refractivity contribution < 1.29 is 5.11 Å². The van der Waals surface area contributed by atoms with E-state index in [0.717, 1.165) is 25.3 Å². The first-order valence-corrected chi connectivity index (χ1v) is 8.03. The van der Waals surface area contributed by atoms with Crippen LogP contribution in [0.15, 0.2) is 0 Å². The molecule has 0 saturated carbocycles. The van der Waals surface area contributed by atoms with Crippen molar-refractivity contribution in [1.29, 1.82) is 0 Å². The monoisotopic (exact) mass is 270 g/mol. The van der Waals surface area contributed by atoms with Crippen LogP contribution in [0.2, 0.25) is 0 Å². The highest BCUT2D eigenvalue weighted by Crippen LogP contribution is 2.26. The molecule has 0 amide bonds. The van der Waals surface area contributed by atoms with Gasteiger partial charge in [0.15, 0.2) is 0 Å². The summed E-state index contributed by atoms with van der Waals surface area (Å²) in [5, 5.41) is 13.2. The lowest BCUT2D eigenvalue weighted by Crippen LogP contribution is -2.53. The molecule has 0 bridgehead atoms. The highest BCUT2D eigenvalue weighted by atomic mass is 16.3. The van der Waals surface area contributed by atoms with Crippen LogP contribution in [0.1, 0.15) is 60.3 Å². The standard InChI is InChI=1S/C16H34N2O/c1-6-9-17-16(5,12-19)10-15(4)18-11-13(2)7-8-14(18)3/h13-15,17,19H,6-12H2,1-5H3. The van der Waals surface area contributed by atoms with E-state index in [1.807, 2.05) is 0 Å². The maximum Gasteiger partial charge on any atom is 0.0611 e. The van der Waals surface area contributed by atoms with Crippen LogP contribution in [0, 0.1) is 5.92 Å². The zero-order chi connectivity index (χ0) is 14.5. The van der Waals surface area contributed by atoms with E-state index in [9.17, 15) is 5.11 Å². The Morgan fingerprint density at radius 3 is 2.63 bits per heavy atom. The normalized spacial score (nSPS) is 30.0. The number of rotatable bonds is 7. The van der Waals surface area contributed by atoms with Gasteiger partial charge < -0.3 is 10.4 Å². The summed E-state index contributed by atoms with van der Waals surface area (Å²) in [6, 6.07) is 1.21. The van der Waals surface area contributed by atoms with Crippen LogP contribution in [0.5, 0.6) is 0 Å². The zero-order valence-corrected chi connectivity index (χ0v) is 13.6. The van der Waals surface area contributed by atoms with Gasteiger partial charge in [-0.25, -0.2) is 0 Å². The van der Waals surface area contributed by atoms with Crippen LogP contribution in [-0.2, 0) is 0 Å². The van der Waals surface area contributed by atoms with E-state index in [4.69, 9.17) is 0 Å². The van der Waals surface area contributed by atoms with Crippen LogP contribution >= 0.6 is 0 Å². The molecule has 3 nitrogen and oxygen atoms in total. The molecule has 0 spiro atoms. The van der Waals surface area contributed by atoms with Gasteiger partial charge in [0, 0.05) is 24.2 Å². The van der Waals surface area contributed by atoms with Crippen molar-refractivity contribution in [2.75, 3.05) is 19.7 Å². The summed E-state index contributed by atoms with van der Waals surface area (Å²) in [7, 11) is 0. The van der Waals surface area contributed by atoms with E-state index >= 15 is 0 Å². The molecule has 4 atom stereocenters. The molecule has 0 aromatic rings. The third-order valence-corrected chi connectivity index (χ3v) is 4.63. The molecular formula is C16H34N2O. The summed E-state index contributed by atoms with van der Waals surface area (Å²) in [5.41, 5.74) is -0.143. The highest BCUT2D eigenvalue weighted by Gasteiger charge is 2.32. The number of likely N-dealkylation sites (tertiary alicyclic amines) is 1. The van der Waals surface area contributed by atoms with Crippen LogP contribution in [0.3, 0.4) is 0 Å². The number of piperidine rings is 1. The lowest BCUT2D eigenvalue weighted by atomic mass is 9.89. The number of nitrogens with one attached hydrogen (secondary N) is 1. The maximum absolute atomic E-state index is 9.70. The fourth-order valence-corrected chi connectivity index (χ4v) is 3.33. The molecule has 2 N–H and O–H groups in total. The van der Waals surface area contributed by atoms with Gasteiger partial charge in [-0.1, -0.05) is 13.8 Å². The molecule has 0 aromatic carbocycles. The largest absolute Gasteiger partial charge is 0.394 e. The van der Waals surface area contributed by atoms with E-state index in [1.54, 1.807) is 0 Å². The average molecular weight is 270 g/mol. The first kappa shape index (κ1) is 16.9. The Labute approximate surface area is 119 Å². The topological polar surface area (TPSA) is 35.5 Å². The number of aliphatic hydroxyl groups excluding tert-OH is 1. The fourth-order valence-electron chi connectivity index (χ4n) is 3.33. The summed E-state index contributed by atoms with van der Waals surface area (Å²) in [5.74, 6) is 0.808. The molecular weight excluding hydrogens is 236 g/mol. The smallest absolute Gasteiger partial charge is 0.0611 e. The lowest BCUT2D eigenvalue weighted by Gasteiger charge is -2.43. The molecule has 1 fully saturated rings. The second kappa shape index (κ2) is 7.61. The van der Waals surface area contributed by atoms with Crippen molar-refractivity contribution in [3.8, 4) is 0 Å². The Morgan fingerprint density at radius 1 is 1.37 bits per heavy atom. The van der Waals surface area contributed by atoms with Gasteiger partial charge in [-0.15, -0.1) is 0 Å². The minimum absolute atomic E-state index is 0.143. The third-order valence-electron chi connectivity index (χ3n) is 4.63. The molecule has 1 aliphatic rings. The Kier molecular flexibility index (Phi) is 6.78. The summed E-state index contributed by atoms with van der Waals surface area (Å²) in [6.45, 7) is 13.7. The minimum Gasteiger partial charge on any atom is -0.394 e. The molecule has 1 aliphatic heterocycles. The molecule has 3 heteroatoms. The predicted molar refractivity (Wildman–Crippen MR) is 82.4 cm³/mol. The average Bonchev–Trinajstić information content (AvgIpc) is 2.39. The van der Waals surface area contributed by atoms with Crippen molar-refractivity contribution in [2.45, 2.75) is 77.9 Å². The van der Waals surface area contributed by atoms with Crippen LogP contribution < -0.4 is 5.32 Å². The molecule has 0 radical (unpaired) electrons. The van der Waals surface area contributed by atoms with Crippen molar-refractivity contribution in [3.05, 3.63) is 0 Å². The van der Waals surface area contributed by atoms with Gasteiger partial charge in [-0.2, -0.15) is 0 Å². The Hall–Kier alpha value is -0.120. The molecule has 0 aliphatic carbocycles. The van der Waals surface area contributed by atoms with E-state index in [-0.39, 0.29) is 12.1 Å². The van der Waals surface area contributed by atoms with Gasteiger partial charge >= 0.3 is 0 Å². The Morgan fingerprint density at radius 2 is 2.05 bits per heavy atom. The van der Waals surface area contributed by atoms with Crippen molar-refractivity contribution >= 4 is 0 Å². The molecule has 19 heavy (non-hydrogen) atoms. The molecule has 0 aromatic heterocycles. The fraction of sp³-hybridized carbons (Fsp3) is 1.00. The summed E-state index contributed by atoms with van der Waals surface area (Å²) in [4.78, 5) is 2.63. The number of hydrogen-bond donors (Lipinski definition) is 2. The quantitative estimate of drug-likeness (QED) is 0.746. The zero-order valence-electron chi connectivity index (χ0n) is 13.6. The summed E-state index contributed by atoms with van der Waals surface area (Å²) >= 11 is 0. The van der Waals surface area contributed by atoms with Crippen molar-refractivity contribution in [3.63, 3.8) is 0 Å². The molecule has 1 heterocycles. The van der Waals surface area contributed by atoms with Crippen molar-refractivity contribution in [2.24, 2.45) is 5.92 Å². The van der Waals surface area contributed by atoms with Crippen LogP contribution in [0.25, 0.3) is 0 Å². The number of nitrogens with zero attached hydrogens (tertiary/aromatic N) is 1. The highest BCUT2D eigenvalue weighted by molar-refractivity contribution is 4.90. The van der Waals surface area contributed by atoms with Gasteiger partial charge in [0.05, 0.1) is 6.61 Å². The van der Waals surface area contributed by atoms with E-state index in [1.165, 1.54) is 19.4 Å². The second-order valence-corrected chi connectivity index (χ2v) is 6.93. The van der Waals surface area contributed by atoms with E-state index in [2.05, 4.69) is 44.8 Å². The van der Waals surface area contributed by atoms with Gasteiger partial charge in [-0.3, -0.25) is 4.90 Å². The maximum atomic E-state index is 9.70. The van der Waals surface area contributed by atoms with Crippen LogP contribution in [0.4, 0.5) is 0 Å². The number of aliphatic hydroxyl groups is 1. The first-order valence-electron chi connectivity index (χ1n) is 8.03. The van der Waals surface area contributed by atoms with Gasteiger partial charge in [-0.05, 0) is 58.9 Å². The second-order valence-electron chi connectivity index (χ2n) is 6.93. The van der Waals surface area contributed by atoms with Gasteiger partial charge in [0.1, 0.15) is 0 Å². The van der Waals surface area contributed by atoms with E-state index in [0.29, 0.717) is 12.1 Å². The SMILES string of the molecule is CCCNC(C)(CO)CC(C)N1CC(C)CCC1C. The Bertz CT molecular complexity index is 259. The molecule has 1 rings (SSSR count). The molecule has 1 saturated heterocycles. The molecule has 4 unspecified atom stereocenters. The Balaban J connectivity index is 2.57. The molecule has 114 valence electrons. The van der Waals surface area contributed by atoms with Crippen LogP contribution in [-0.4, -0.2) is 47.3 Å². The van der Waals surface area contributed by atoms with E-state index < -0.39 is 0 Å². The number of hydrogen-bond acceptors (Lipinski definition) is 3. The minimum atomic E-state index is -0.143. The summed E-state index contributed by atoms with van der Waals surface area (Å²) in [6.07, 6.45) is 4.79. The predicted octanol–water partition coefficient (Wildman–Crippen LogP) is 2.64. The van der Waals surface area contributed by atoms with Gasteiger partial charge in [0.2, 0.25) is 0 Å². The first-order chi connectivity index (χ1) is 8.91. The van der Waals surface area contributed by atoms with Gasteiger partial charge in [0.25, 0.3) is 0 Å².